The van der Waals surface area contributed by atoms with Crippen molar-refractivity contribution < 1.29 is 14.3 Å². The lowest BCUT2D eigenvalue weighted by Gasteiger charge is -2.42. The lowest BCUT2D eigenvalue weighted by atomic mass is 9.91. The van der Waals surface area contributed by atoms with Crippen LogP contribution in [0.25, 0.3) is 0 Å². The monoisotopic (exact) mass is 286 g/mol. The number of carbonyl (C=O) groups is 2. The van der Waals surface area contributed by atoms with Crippen LogP contribution < -0.4 is 10.1 Å². The van der Waals surface area contributed by atoms with Crippen molar-refractivity contribution in [2.75, 3.05) is 13.2 Å². The zero-order valence-electron chi connectivity index (χ0n) is 11.8. The van der Waals surface area contributed by atoms with Crippen molar-refractivity contribution in [3.8, 4) is 5.75 Å². The number of rotatable bonds is 1. The summed E-state index contributed by atoms with van der Waals surface area (Å²) < 4.78 is 5.67. The van der Waals surface area contributed by atoms with Gasteiger partial charge in [-0.2, -0.15) is 0 Å². The molecule has 5 nitrogen and oxygen atoms in total. The highest BCUT2D eigenvalue weighted by atomic mass is 16.5. The fourth-order valence-electron chi connectivity index (χ4n) is 3.83. The number of fused-ring (bicyclic) bond motifs is 1. The minimum atomic E-state index is -0.660. The van der Waals surface area contributed by atoms with Gasteiger partial charge in [0, 0.05) is 5.56 Å². The summed E-state index contributed by atoms with van der Waals surface area (Å²) in [5, 5.41) is 2.95. The number of benzene rings is 1. The van der Waals surface area contributed by atoms with E-state index in [4.69, 9.17) is 4.74 Å². The molecule has 1 aliphatic carbocycles. The second kappa shape index (κ2) is 4.48. The number of hydrogen-bond donors (Lipinski definition) is 1. The minimum Gasteiger partial charge on any atom is -0.491 e. The SMILES string of the molecule is O=C1CN(C2COc3ccccc32)C(=O)C2(CCCC2)N1. The maximum Gasteiger partial charge on any atom is 0.249 e. The smallest absolute Gasteiger partial charge is 0.249 e. The highest BCUT2D eigenvalue weighted by molar-refractivity contribution is 5.98. The number of hydrogen-bond acceptors (Lipinski definition) is 3. The van der Waals surface area contributed by atoms with Gasteiger partial charge in [-0.15, -0.1) is 0 Å². The largest absolute Gasteiger partial charge is 0.491 e. The van der Waals surface area contributed by atoms with Gasteiger partial charge in [0.15, 0.2) is 0 Å². The zero-order valence-corrected chi connectivity index (χ0v) is 11.8. The van der Waals surface area contributed by atoms with E-state index in [0.717, 1.165) is 37.0 Å². The fraction of sp³-hybridized carbons (Fsp3) is 0.500. The van der Waals surface area contributed by atoms with E-state index in [-0.39, 0.29) is 24.4 Å². The highest BCUT2D eigenvalue weighted by Gasteiger charge is 2.50. The third kappa shape index (κ3) is 1.83. The molecule has 1 atom stereocenters. The lowest BCUT2D eigenvalue weighted by molar-refractivity contribution is -0.152. The molecule has 0 bridgehead atoms. The lowest BCUT2D eigenvalue weighted by Crippen LogP contribution is -2.66. The van der Waals surface area contributed by atoms with Gasteiger partial charge in [0.05, 0.1) is 6.04 Å². The molecule has 2 amide bonds. The summed E-state index contributed by atoms with van der Waals surface area (Å²) in [6.45, 7) is 0.567. The third-order valence-corrected chi connectivity index (χ3v) is 4.87. The number of carbonyl (C=O) groups excluding carboxylic acids is 2. The van der Waals surface area contributed by atoms with Crippen LogP contribution in [0.3, 0.4) is 0 Å². The molecule has 0 radical (unpaired) electrons. The summed E-state index contributed by atoms with van der Waals surface area (Å²) in [7, 11) is 0. The Morgan fingerprint density at radius 3 is 2.76 bits per heavy atom. The van der Waals surface area contributed by atoms with Crippen LogP contribution in [-0.4, -0.2) is 35.4 Å². The molecular formula is C16H18N2O3. The number of nitrogens with zero attached hydrogens (tertiary/aromatic N) is 1. The van der Waals surface area contributed by atoms with Crippen LogP contribution in [0.15, 0.2) is 24.3 Å². The number of piperazine rings is 1. The number of ether oxygens (including phenoxy) is 1. The van der Waals surface area contributed by atoms with Crippen molar-refractivity contribution in [3.05, 3.63) is 29.8 Å². The molecule has 1 saturated heterocycles. The maximum absolute atomic E-state index is 12.9. The van der Waals surface area contributed by atoms with Gasteiger partial charge in [-0.1, -0.05) is 31.0 Å². The molecule has 0 aromatic heterocycles. The normalized spacial score (nSPS) is 26.7. The summed E-state index contributed by atoms with van der Waals surface area (Å²) in [5.74, 6) is 0.826. The molecule has 1 unspecified atom stereocenters. The average Bonchev–Trinajstić information content (AvgIpc) is 3.10. The van der Waals surface area contributed by atoms with Crippen LogP contribution in [0.4, 0.5) is 0 Å². The molecule has 1 aromatic rings. The summed E-state index contributed by atoms with van der Waals surface area (Å²) in [4.78, 5) is 26.8. The van der Waals surface area contributed by atoms with E-state index in [1.54, 1.807) is 4.90 Å². The van der Waals surface area contributed by atoms with Gasteiger partial charge in [-0.05, 0) is 18.9 Å². The first-order chi connectivity index (χ1) is 10.2. The minimum absolute atomic E-state index is 0.0547. The molecular weight excluding hydrogens is 268 g/mol. The van der Waals surface area contributed by atoms with Gasteiger partial charge in [-0.3, -0.25) is 9.59 Å². The topological polar surface area (TPSA) is 58.6 Å². The van der Waals surface area contributed by atoms with E-state index in [0.29, 0.717) is 6.61 Å². The Kier molecular flexibility index (Phi) is 2.71. The quantitative estimate of drug-likeness (QED) is 0.849. The van der Waals surface area contributed by atoms with Crippen LogP contribution in [0, 0.1) is 0 Å². The molecule has 3 aliphatic rings. The Morgan fingerprint density at radius 1 is 1.19 bits per heavy atom. The van der Waals surface area contributed by atoms with Gasteiger partial charge in [0.2, 0.25) is 11.8 Å². The van der Waals surface area contributed by atoms with E-state index in [1.165, 1.54) is 0 Å². The summed E-state index contributed by atoms with van der Waals surface area (Å²) in [5.41, 5.74) is 0.348. The Balaban J connectivity index is 1.69. The molecule has 1 saturated carbocycles. The van der Waals surface area contributed by atoms with Gasteiger partial charge in [0.25, 0.3) is 0 Å². The molecule has 4 rings (SSSR count). The summed E-state index contributed by atoms with van der Waals surface area (Å²) in [6.07, 6.45) is 3.50. The molecule has 2 fully saturated rings. The molecule has 1 N–H and O–H groups in total. The molecule has 1 spiro atoms. The van der Waals surface area contributed by atoms with Crippen molar-refractivity contribution in [3.63, 3.8) is 0 Å². The van der Waals surface area contributed by atoms with Crippen molar-refractivity contribution in [2.45, 2.75) is 37.3 Å². The van der Waals surface area contributed by atoms with Crippen molar-refractivity contribution in [1.82, 2.24) is 10.2 Å². The second-order valence-electron chi connectivity index (χ2n) is 6.14. The number of para-hydroxylation sites is 1. The van der Waals surface area contributed by atoms with Crippen molar-refractivity contribution >= 4 is 11.8 Å². The predicted octanol–water partition coefficient (Wildman–Crippen LogP) is 1.39. The molecule has 110 valence electrons. The average molecular weight is 286 g/mol. The van der Waals surface area contributed by atoms with Crippen molar-refractivity contribution in [2.24, 2.45) is 0 Å². The van der Waals surface area contributed by atoms with Crippen LogP contribution in [-0.2, 0) is 9.59 Å². The Morgan fingerprint density at radius 2 is 1.95 bits per heavy atom. The summed E-state index contributed by atoms with van der Waals surface area (Å²) in [6, 6.07) is 7.62. The van der Waals surface area contributed by atoms with Gasteiger partial charge in [0.1, 0.15) is 24.4 Å². The van der Waals surface area contributed by atoms with Gasteiger partial charge in [-0.25, -0.2) is 0 Å². The van der Waals surface area contributed by atoms with E-state index in [1.807, 2.05) is 24.3 Å². The number of amides is 2. The van der Waals surface area contributed by atoms with Crippen LogP contribution in [0.2, 0.25) is 0 Å². The van der Waals surface area contributed by atoms with Crippen molar-refractivity contribution in [1.29, 1.82) is 0 Å². The summed E-state index contributed by atoms with van der Waals surface area (Å²) >= 11 is 0. The zero-order chi connectivity index (χ0) is 14.4. The van der Waals surface area contributed by atoms with Crippen LogP contribution >= 0.6 is 0 Å². The number of nitrogens with one attached hydrogen (secondary N) is 1. The van der Waals surface area contributed by atoms with E-state index >= 15 is 0 Å². The maximum atomic E-state index is 12.9. The van der Waals surface area contributed by atoms with Gasteiger partial charge < -0.3 is 15.0 Å². The fourth-order valence-corrected chi connectivity index (χ4v) is 3.83. The Bertz CT molecular complexity index is 607. The van der Waals surface area contributed by atoms with Gasteiger partial charge >= 0.3 is 0 Å². The predicted molar refractivity (Wildman–Crippen MR) is 75.7 cm³/mol. The second-order valence-corrected chi connectivity index (χ2v) is 6.14. The third-order valence-electron chi connectivity index (χ3n) is 4.87. The van der Waals surface area contributed by atoms with E-state index in [2.05, 4.69) is 5.32 Å². The Hall–Kier alpha value is -2.04. The Labute approximate surface area is 123 Å². The van der Waals surface area contributed by atoms with Crippen LogP contribution in [0.1, 0.15) is 37.3 Å². The first-order valence-corrected chi connectivity index (χ1v) is 7.53. The standard InChI is InChI=1S/C16H18N2O3/c19-14-9-18(15(20)16(17-14)7-3-4-8-16)12-10-21-13-6-2-1-5-11(12)13/h1-2,5-6,12H,3-4,7-10H2,(H,17,19). The molecule has 21 heavy (non-hydrogen) atoms. The first-order valence-electron chi connectivity index (χ1n) is 7.53. The first kappa shape index (κ1) is 12.7. The molecule has 2 heterocycles. The highest BCUT2D eigenvalue weighted by Crippen LogP contribution is 2.40. The molecule has 5 heteroatoms. The molecule has 1 aromatic carbocycles. The van der Waals surface area contributed by atoms with Crippen LogP contribution in [0.5, 0.6) is 5.75 Å². The van der Waals surface area contributed by atoms with E-state index in [9.17, 15) is 9.59 Å². The van der Waals surface area contributed by atoms with E-state index < -0.39 is 5.54 Å². The molecule has 2 aliphatic heterocycles.